The SMILES string of the molecule is O=C(N/N=C\c1cc2c(cc1Cl)OCO2)/C(=C\c1cccs1)NC(=O)c1ccccc1Cl. The van der Waals surface area contributed by atoms with Crippen molar-refractivity contribution in [1.82, 2.24) is 10.7 Å². The normalized spacial score (nSPS) is 12.8. The fraction of sp³-hybridized carbons (Fsp3) is 0.0455. The number of nitrogens with zero attached hydrogens (tertiary/aromatic N) is 1. The Hall–Kier alpha value is -3.33. The molecular weight excluding hydrogens is 473 g/mol. The Bertz CT molecular complexity index is 1230. The van der Waals surface area contributed by atoms with Crippen LogP contribution >= 0.6 is 34.5 Å². The van der Waals surface area contributed by atoms with Crippen molar-refractivity contribution < 1.29 is 19.1 Å². The molecule has 3 aromatic rings. The molecule has 1 aliphatic heterocycles. The second-order valence-corrected chi connectivity index (χ2v) is 8.23. The Morgan fingerprint density at radius 3 is 2.56 bits per heavy atom. The highest BCUT2D eigenvalue weighted by Gasteiger charge is 2.18. The lowest BCUT2D eigenvalue weighted by Crippen LogP contribution is -2.33. The molecule has 7 nitrogen and oxygen atoms in total. The second kappa shape index (κ2) is 9.86. The van der Waals surface area contributed by atoms with Crippen LogP contribution in [-0.4, -0.2) is 24.8 Å². The van der Waals surface area contributed by atoms with Gasteiger partial charge in [-0.05, 0) is 35.7 Å². The molecule has 2 amide bonds. The average Bonchev–Trinajstić information content (AvgIpc) is 3.45. The molecular formula is C22H15Cl2N3O4S. The minimum absolute atomic E-state index is 0.00584. The predicted octanol–water partition coefficient (Wildman–Crippen LogP) is 4.70. The van der Waals surface area contributed by atoms with Crippen LogP contribution in [0.4, 0.5) is 0 Å². The Morgan fingerprint density at radius 2 is 1.81 bits per heavy atom. The molecule has 1 aliphatic rings. The van der Waals surface area contributed by atoms with Crippen LogP contribution in [0.1, 0.15) is 20.8 Å². The Labute approximate surface area is 197 Å². The smallest absolute Gasteiger partial charge is 0.287 e. The van der Waals surface area contributed by atoms with E-state index in [1.54, 1.807) is 42.5 Å². The lowest BCUT2D eigenvalue weighted by atomic mass is 10.2. The first-order valence-electron chi connectivity index (χ1n) is 9.25. The summed E-state index contributed by atoms with van der Waals surface area (Å²) in [6.45, 7) is 0.116. The summed E-state index contributed by atoms with van der Waals surface area (Å²) in [7, 11) is 0. The first kappa shape index (κ1) is 21.9. The van der Waals surface area contributed by atoms with Gasteiger partial charge in [-0.15, -0.1) is 11.3 Å². The summed E-state index contributed by atoms with van der Waals surface area (Å²) < 4.78 is 10.6. The van der Waals surface area contributed by atoms with E-state index in [1.807, 2.05) is 17.5 Å². The quantitative estimate of drug-likeness (QED) is 0.299. The Balaban J connectivity index is 1.51. The number of nitrogens with one attached hydrogen (secondary N) is 2. The van der Waals surface area contributed by atoms with Crippen LogP contribution < -0.4 is 20.2 Å². The maximum absolute atomic E-state index is 12.8. The van der Waals surface area contributed by atoms with Crippen LogP contribution in [0.5, 0.6) is 11.5 Å². The van der Waals surface area contributed by atoms with E-state index in [2.05, 4.69) is 15.8 Å². The molecule has 0 spiro atoms. The van der Waals surface area contributed by atoms with E-state index >= 15 is 0 Å². The molecule has 0 unspecified atom stereocenters. The molecule has 0 bridgehead atoms. The fourth-order valence-corrected chi connectivity index (χ4v) is 3.84. The molecule has 0 aliphatic carbocycles. The standard InChI is InChI=1S/C22H15Cl2N3O4S/c23-16-6-2-1-5-15(16)21(28)26-18(9-14-4-3-7-32-14)22(29)27-25-11-13-8-19-20(10-17(13)24)31-12-30-19/h1-11H,12H2,(H,26,28)(H,27,29)/b18-9+,25-11-. The second-order valence-electron chi connectivity index (χ2n) is 6.43. The third-order valence-electron chi connectivity index (χ3n) is 4.30. The summed E-state index contributed by atoms with van der Waals surface area (Å²) in [6, 6.07) is 13.5. The van der Waals surface area contributed by atoms with Crippen LogP contribution in [0.2, 0.25) is 10.0 Å². The zero-order chi connectivity index (χ0) is 22.5. The molecule has 0 atom stereocenters. The van der Waals surface area contributed by atoms with Gasteiger partial charge in [-0.2, -0.15) is 5.10 Å². The van der Waals surface area contributed by atoms with E-state index in [4.69, 9.17) is 32.7 Å². The van der Waals surface area contributed by atoms with Gasteiger partial charge in [0.2, 0.25) is 6.79 Å². The molecule has 2 aromatic carbocycles. The van der Waals surface area contributed by atoms with Crippen LogP contribution in [0.15, 0.2) is 64.7 Å². The number of rotatable bonds is 6. The van der Waals surface area contributed by atoms with E-state index in [9.17, 15) is 9.59 Å². The van der Waals surface area contributed by atoms with Crippen molar-refractivity contribution in [2.24, 2.45) is 5.10 Å². The van der Waals surface area contributed by atoms with Crippen molar-refractivity contribution in [3.63, 3.8) is 0 Å². The topological polar surface area (TPSA) is 89.0 Å². The van der Waals surface area contributed by atoms with Gasteiger partial charge in [0.15, 0.2) is 11.5 Å². The van der Waals surface area contributed by atoms with Gasteiger partial charge in [0.1, 0.15) is 5.70 Å². The number of carbonyl (C=O) groups excluding carboxylic acids is 2. The molecule has 0 fully saturated rings. The molecule has 2 heterocycles. The summed E-state index contributed by atoms with van der Waals surface area (Å²) >= 11 is 13.7. The molecule has 1 aromatic heterocycles. The van der Waals surface area contributed by atoms with Gasteiger partial charge in [-0.1, -0.05) is 41.4 Å². The van der Waals surface area contributed by atoms with E-state index < -0.39 is 11.8 Å². The minimum Gasteiger partial charge on any atom is -0.454 e. The first-order valence-corrected chi connectivity index (χ1v) is 10.9. The van der Waals surface area contributed by atoms with Gasteiger partial charge in [0, 0.05) is 16.5 Å². The van der Waals surface area contributed by atoms with Gasteiger partial charge < -0.3 is 14.8 Å². The largest absolute Gasteiger partial charge is 0.454 e. The molecule has 4 rings (SSSR count). The number of benzene rings is 2. The number of fused-ring (bicyclic) bond motifs is 1. The third-order valence-corrected chi connectivity index (χ3v) is 5.78. The van der Waals surface area contributed by atoms with Crippen LogP contribution in [0, 0.1) is 0 Å². The lowest BCUT2D eigenvalue weighted by molar-refractivity contribution is -0.117. The van der Waals surface area contributed by atoms with Crippen LogP contribution in [0.25, 0.3) is 6.08 Å². The van der Waals surface area contributed by atoms with Crippen molar-refractivity contribution in [3.05, 3.63) is 85.7 Å². The summed E-state index contributed by atoms with van der Waals surface area (Å²) in [4.78, 5) is 26.2. The summed E-state index contributed by atoms with van der Waals surface area (Å²) in [5.74, 6) is -0.0598. The summed E-state index contributed by atoms with van der Waals surface area (Å²) in [5, 5.41) is 9.07. The van der Waals surface area contributed by atoms with E-state index in [0.717, 1.165) is 4.88 Å². The van der Waals surface area contributed by atoms with Crippen molar-refractivity contribution in [2.75, 3.05) is 6.79 Å². The maximum atomic E-state index is 12.8. The number of halogens is 2. The zero-order valence-corrected chi connectivity index (χ0v) is 18.6. The number of hydrazone groups is 1. The van der Waals surface area contributed by atoms with Crippen LogP contribution in [-0.2, 0) is 4.79 Å². The average molecular weight is 488 g/mol. The highest BCUT2D eigenvalue weighted by Crippen LogP contribution is 2.36. The minimum atomic E-state index is -0.619. The van der Waals surface area contributed by atoms with E-state index in [-0.39, 0.29) is 23.1 Å². The molecule has 0 saturated heterocycles. The highest BCUT2D eigenvalue weighted by atomic mass is 35.5. The molecule has 32 heavy (non-hydrogen) atoms. The van der Waals surface area contributed by atoms with Crippen molar-refractivity contribution in [3.8, 4) is 11.5 Å². The van der Waals surface area contributed by atoms with Crippen molar-refractivity contribution >= 4 is 58.6 Å². The molecule has 0 saturated carbocycles. The molecule has 162 valence electrons. The van der Waals surface area contributed by atoms with Gasteiger partial charge in [0.25, 0.3) is 11.8 Å². The Morgan fingerprint density at radius 1 is 1.03 bits per heavy atom. The van der Waals surface area contributed by atoms with E-state index in [0.29, 0.717) is 22.1 Å². The number of ether oxygens (including phenoxy) is 2. The van der Waals surface area contributed by atoms with E-state index in [1.165, 1.54) is 17.6 Å². The monoisotopic (exact) mass is 487 g/mol. The van der Waals surface area contributed by atoms with Gasteiger partial charge >= 0.3 is 0 Å². The van der Waals surface area contributed by atoms with Gasteiger partial charge in [-0.25, -0.2) is 5.43 Å². The first-order chi connectivity index (χ1) is 15.5. The Kier molecular flexibility index (Phi) is 6.75. The molecule has 10 heteroatoms. The lowest BCUT2D eigenvalue weighted by Gasteiger charge is -2.09. The zero-order valence-electron chi connectivity index (χ0n) is 16.3. The molecule has 0 radical (unpaired) electrons. The number of carbonyl (C=O) groups is 2. The number of hydrogen-bond acceptors (Lipinski definition) is 6. The van der Waals surface area contributed by atoms with Gasteiger partial charge in [0.05, 0.1) is 21.8 Å². The summed E-state index contributed by atoms with van der Waals surface area (Å²) in [6.07, 6.45) is 2.93. The predicted molar refractivity (Wildman–Crippen MR) is 125 cm³/mol. The highest BCUT2D eigenvalue weighted by molar-refractivity contribution is 7.10. The number of thiophene rings is 1. The third kappa shape index (κ3) is 5.11. The van der Waals surface area contributed by atoms with Crippen molar-refractivity contribution in [1.29, 1.82) is 0 Å². The molecule has 2 N–H and O–H groups in total. The van der Waals surface area contributed by atoms with Gasteiger partial charge in [-0.3, -0.25) is 9.59 Å². The van der Waals surface area contributed by atoms with Crippen LogP contribution in [0.3, 0.4) is 0 Å². The fourth-order valence-electron chi connectivity index (χ4n) is 2.76. The maximum Gasteiger partial charge on any atom is 0.287 e. The van der Waals surface area contributed by atoms with Crippen molar-refractivity contribution in [2.45, 2.75) is 0 Å². The number of hydrogen-bond donors (Lipinski definition) is 2. The number of amides is 2. The summed E-state index contributed by atoms with van der Waals surface area (Å²) in [5.41, 5.74) is 3.18.